The lowest BCUT2D eigenvalue weighted by Gasteiger charge is -2.11. The first-order valence-corrected chi connectivity index (χ1v) is 8.81. The summed E-state index contributed by atoms with van der Waals surface area (Å²) in [6.45, 7) is 0.646. The Kier molecular flexibility index (Phi) is 7.08. The quantitative estimate of drug-likeness (QED) is 0.559. The molecule has 0 fully saturated rings. The van der Waals surface area contributed by atoms with Crippen LogP contribution in [0.1, 0.15) is 5.56 Å². The molecule has 0 heterocycles. The van der Waals surface area contributed by atoms with Gasteiger partial charge < -0.3 is 10.6 Å². The van der Waals surface area contributed by atoms with Crippen LogP contribution in [0.4, 0.5) is 14.5 Å². The summed E-state index contributed by atoms with van der Waals surface area (Å²) in [5.41, 5.74) is 1.35. The Morgan fingerprint density at radius 3 is 2.57 bits per heavy atom. The van der Waals surface area contributed by atoms with Crippen LogP contribution in [-0.4, -0.2) is 17.4 Å². The van der Waals surface area contributed by atoms with E-state index < -0.39 is 11.6 Å². The van der Waals surface area contributed by atoms with E-state index in [0.29, 0.717) is 11.7 Å². The number of thioether (sulfide) groups is 1. The van der Waals surface area contributed by atoms with Crippen LogP contribution in [0.25, 0.3) is 0 Å². The molecule has 122 valence electrons. The van der Waals surface area contributed by atoms with Gasteiger partial charge in [-0.15, -0.1) is 0 Å². The fraction of sp³-hybridized carbons (Fsp3) is 0.188. The zero-order valence-electron chi connectivity index (χ0n) is 12.1. The van der Waals surface area contributed by atoms with Gasteiger partial charge in [-0.2, -0.15) is 11.8 Å². The number of hydrogen-bond donors (Lipinski definition) is 2. The lowest BCUT2D eigenvalue weighted by molar-refractivity contribution is 0.586. The molecule has 0 saturated heterocycles. The molecule has 0 radical (unpaired) electrons. The SMILES string of the molecule is Fc1ccc(NC(=S)NCCSCc2ccc(Cl)cc2)c(F)c1. The monoisotopic (exact) mass is 372 g/mol. The van der Waals surface area contributed by atoms with Gasteiger partial charge in [0.15, 0.2) is 5.11 Å². The first kappa shape index (κ1) is 18.0. The maximum Gasteiger partial charge on any atom is 0.170 e. The molecule has 0 spiro atoms. The van der Waals surface area contributed by atoms with Gasteiger partial charge in [-0.1, -0.05) is 23.7 Å². The van der Waals surface area contributed by atoms with Crippen LogP contribution in [-0.2, 0) is 5.75 Å². The van der Waals surface area contributed by atoms with E-state index in [2.05, 4.69) is 10.6 Å². The third kappa shape index (κ3) is 6.33. The predicted octanol–water partition coefficient (Wildman–Crippen LogP) is 4.84. The standard InChI is InChI=1S/C16H15ClF2N2S2/c17-12-3-1-11(2-4-12)10-23-8-7-20-16(22)21-15-6-5-13(18)9-14(15)19/h1-6,9H,7-8,10H2,(H2,20,21,22). The normalized spacial score (nSPS) is 10.4. The maximum atomic E-state index is 13.5. The summed E-state index contributed by atoms with van der Waals surface area (Å²) >= 11 is 12.7. The van der Waals surface area contributed by atoms with Crippen molar-refractivity contribution in [3.8, 4) is 0 Å². The molecule has 2 rings (SSSR count). The zero-order chi connectivity index (χ0) is 16.7. The molecule has 7 heteroatoms. The summed E-state index contributed by atoms with van der Waals surface area (Å²) in [7, 11) is 0. The van der Waals surface area contributed by atoms with Crippen molar-refractivity contribution in [3.63, 3.8) is 0 Å². The molecule has 2 nitrogen and oxygen atoms in total. The van der Waals surface area contributed by atoms with Crippen molar-refractivity contribution < 1.29 is 8.78 Å². The van der Waals surface area contributed by atoms with Crippen molar-refractivity contribution in [3.05, 3.63) is 64.7 Å². The molecule has 0 aliphatic heterocycles. The van der Waals surface area contributed by atoms with Gasteiger partial charge >= 0.3 is 0 Å². The van der Waals surface area contributed by atoms with E-state index in [4.69, 9.17) is 23.8 Å². The number of rotatable bonds is 6. The Morgan fingerprint density at radius 1 is 1.13 bits per heavy atom. The van der Waals surface area contributed by atoms with Crippen molar-refractivity contribution in [1.82, 2.24) is 5.32 Å². The van der Waals surface area contributed by atoms with Crippen molar-refractivity contribution in [2.24, 2.45) is 0 Å². The average Bonchev–Trinajstić information content (AvgIpc) is 2.51. The van der Waals surface area contributed by atoms with Crippen LogP contribution >= 0.6 is 35.6 Å². The molecule has 0 atom stereocenters. The molecular weight excluding hydrogens is 358 g/mol. The molecular formula is C16H15ClF2N2S2. The summed E-state index contributed by atoms with van der Waals surface area (Å²) in [6, 6.07) is 11.0. The molecule has 0 bridgehead atoms. The van der Waals surface area contributed by atoms with Crippen LogP contribution in [0.5, 0.6) is 0 Å². The van der Waals surface area contributed by atoms with E-state index >= 15 is 0 Å². The number of anilines is 1. The fourth-order valence-electron chi connectivity index (χ4n) is 1.76. The number of nitrogens with one attached hydrogen (secondary N) is 2. The van der Waals surface area contributed by atoms with Crippen molar-refractivity contribution in [1.29, 1.82) is 0 Å². The largest absolute Gasteiger partial charge is 0.362 e. The van der Waals surface area contributed by atoms with E-state index in [-0.39, 0.29) is 5.69 Å². The highest BCUT2D eigenvalue weighted by Gasteiger charge is 2.05. The van der Waals surface area contributed by atoms with Crippen LogP contribution in [0, 0.1) is 11.6 Å². The van der Waals surface area contributed by atoms with Gasteiger partial charge in [0, 0.05) is 29.1 Å². The Bertz CT molecular complexity index is 666. The van der Waals surface area contributed by atoms with Crippen molar-refractivity contribution >= 4 is 46.4 Å². The molecule has 0 amide bonds. The van der Waals surface area contributed by atoms with Crippen LogP contribution in [0.2, 0.25) is 5.02 Å². The molecule has 0 aromatic heterocycles. The molecule has 2 N–H and O–H groups in total. The highest BCUT2D eigenvalue weighted by atomic mass is 35.5. The van der Waals surface area contributed by atoms with E-state index in [1.54, 1.807) is 11.8 Å². The molecule has 2 aromatic rings. The van der Waals surface area contributed by atoms with Crippen molar-refractivity contribution in [2.45, 2.75) is 5.75 Å². The second kappa shape index (κ2) is 9.05. The molecule has 2 aromatic carbocycles. The van der Waals surface area contributed by atoms with Gasteiger partial charge in [0.25, 0.3) is 0 Å². The van der Waals surface area contributed by atoms with Crippen LogP contribution in [0.15, 0.2) is 42.5 Å². The van der Waals surface area contributed by atoms with Gasteiger partial charge in [-0.3, -0.25) is 0 Å². The second-order valence-electron chi connectivity index (χ2n) is 4.68. The zero-order valence-corrected chi connectivity index (χ0v) is 14.5. The summed E-state index contributed by atoms with van der Waals surface area (Å²) < 4.78 is 26.3. The Hall–Kier alpha value is -1.37. The average molecular weight is 373 g/mol. The number of halogens is 3. The minimum absolute atomic E-state index is 0.151. The summed E-state index contributed by atoms with van der Waals surface area (Å²) in [5.74, 6) is 0.430. The Morgan fingerprint density at radius 2 is 1.87 bits per heavy atom. The molecule has 23 heavy (non-hydrogen) atoms. The maximum absolute atomic E-state index is 13.5. The topological polar surface area (TPSA) is 24.1 Å². The van der Waals surface area contributed by atoms with Crippen LogP contribution in [0.3, 0.4) is 0 Å². The smallest absolute Gasteiger partial charge is 0.170 e. The summed E-state index contributed by atoms with van der Waals surface area (Å²) in [4.78, 5) is 0. The van der Waals surface area contributed by atoms with E-state index in [1.165, 1.54) is 17.7 Å². The third-order valence-corrected chi connectivity index (χ3v) is 4.42. The number of benzene rings is 2. The number of thiocarbonyl (C=S) groups is 1. The minimum atomic E-state index is -0.675. The second-order valence-corrected chi connectivity index (χ2v) is 6.63. The molecule has 0 aliphatic carbocycles. The highest BCUT2D eigenvalue weighted by molar-refractivity contribution is 7.98. The third-order valence-electron chi connectivity index (χ3n) is 2.89. The van der Waals surface area contributed by atoms with Crippen LogP contribution < -0.4 is 10.6 Å². The van der Waals surface area contributed by atoms with Gasteiger partial charge in [-0.25, -0.2) is 8.78 Å². The van der Waals surface area contributed by atoms with E-state index in [1.807, 2.05) is 24.3 Å². The summed E-state index contributed by atoms with van der Waals surface area (Å²) in [6.07, 6.45) is 0. The van der Waals surface area contributed by atoms with E-state index in [0.717, 1.165) is 22.6 Å². The Labute approximate surface area is 148 Å². The first-order valence-electron chi connectivity index (χ1n) is 6.86. The molecule has 0 aliphatic rings. The Balaban J connectivity index is 1.65. The lowest BCUT2D eigenvalue weighted by Crippen LogP contribution is -2.30. The molecule has 0 saturated carbocycles. The van der Waals surface area contributed by atoms with Gasteiger partial charge in [0.1, 0.15) is 11.6 Å². The summed E-state index contributed by atoms with van der Waals surface area (Å²) in [5, 5.41) is 6.73. The minimum Gasteiger partial charge on any atom is -0.362 e. The van der Waals surface area contributed by atoms with E-state index in [9.17, 15) is 8.78 Å². The highest BCUT2D eigenvalue weighted by Crippen LogP contribution is 2.16. The predicted molar refractivity (Wildman–Crippen MR) is 98.2 cm³/mol. The van der Waals surface area contributed by atoms with Gasteiger partial charge in [-0.05, 0) is 42.0 Å². The fourth-order valence-corrected chi connectivity index (χ4v) is 2.92. The van der Waals surface area contributed by atoms with Gasteiger partial charge in [0.05, 0.1) is 5.69 Å². The molecule has 0 unspecified atom stereocenters. The lowest BCUT2D eigenvalue weighted by atomic mass is 10.2. The first-order chi connectivity index (χ1) is 11.0. The number of hydrogen-bond acceptors (Lipinski definition) is 2. The van der Waals surface area contributed by atoms with Crippen molar-refractivity contribution in [2.75, 3.05) is 17.6 Å². The van der Waals surface area contributed by atoms with Gasteiger partial charge in [0.2, 0.25) is 0 Å².